The van der Waals surface area contributed by atoms with Gasteiger partial charge in [0.1, 0.15) is 0 Å². The van der Waals surface area contributed by atoms with Crippen LogP contribution in [-0.2, 0) is 11.2 Å². The number of aromatic carboxylic acids is 1. The number of pyridine rings is 1. The van der Waals surface area contributed by atoms with Gasteiger partial charge in [-0.15, -0.1) is 0 Å². The second kappa shape index (κ2) is 6.27. The van der Waals surface area contributed by atoms with Crippen LogP contribution in [0.25, 0.3) is 0 Å². The molecular formula is C16H19N3O3. The zero-order valence-corrected chi connectivity index (χ0v) is 12.5. The molecule has 116 valence electrons. The van der Waals surface area contributed by atoms with Gasteiger partial charge >= 0.3 is 5.97 Å². The minimum absolute atomic E-state index is 0.299. The molecule has 1 aliphatic heterocycles. The Hall–Kier alpha value is -2.21. The highest BCUT2D eigenvalue weighted by atomic mass is 16.5. The molecule has 3 heterocycles. The van der Waals surface area contributed by atoms with Crippen molar-refractivity contribution in [3.8, 4) is 0 Å². The highest BCUT2D eigenvalue weighted by Gasteiger charge is 2.21. The zero-order valence-electron chi connectivity index (χ0n) is 12.5. The number of aromatic nitrogens is 3. The molecule has 6 nitrogen and oxygen atoms in total. The molecule has 2 aromatic rings. The molecule has 1 saturated heterocycles. The average molecular weight is 301 g/mol. The molecule has 1 aliphatic rings. The number of carbonyl (C=O) groups is 1. The van der Waals surface area contributed by atoms with Gasteiger partial charge in [0.05, 0.1) is 17.3 Å². The van der Waals surface area contributed by atoms with Crippen molar-refractivity contribution < 1.29 is 14.6 Å². The minimum Gasteiger partial charge on any atom is -0.478 e. The van der Waals surface area contributed by atoms with Crippen molar-refractivity contribution in [2.45, 2.75) is 32.2 Å². The van der Waals surface area contributed by atoms with E-state index in [-0.39, 0.29) is 0 Å². The molecule has 0 bridgehead atoms. The lowest BCUT2D eigenvalue weighted by Crippen LogP contribution is -2.22. The van der Waals surface area contributed by atoms with Gasteiger partial charge in [0.25, 0.3) is 0 Å². The number of carboxylic acid groups (broad SMARTS) is 1. The molecule has 2 aromatic heterocycles. The third-order valence-corrected chi connectivity index (χ3v) is 3.98. The molecule has 6 heteroatoms. The molecule has 0 saturated carbocycles. The number of rotatable bonds is 4. The lowest BCUT2D eigenvalue weighted by Gasteiger charge is -2.24. The Labute approximate surface area is 128 Å². The maximum absolute atomic E-state index is 11.3. The lowest BCUT2D eigenvalue weighted by atomic mass is 10.0. The van der Waals surface area contributed by atoms with Gasteiger partial charge in [0, 0.05) is 37.7 Å². The minimum atomic E-state index is -0.925. The van der Waals surface area contributed by atoms with Crippen molar-refractivity contribution in [2.75, 3.05) is 13.2 Å². The Kier molecular flexibility index (Phi) is 4.20. The molecular weight excluding hydrogens is 282 g/mol. The smallest absolute Gasteiger partial charge is 0.336 e. The normalized spacial score (nSPS) is 15.9. The quantitative estimate of drug-likeness (QED) is 0.937. The van der Waals surface area contributed by atoms with Crippen molar-refractivity contribution in [3.05, 3.63) is 47.0 Å². The number of aryl methyl sites for hydroxylation is 1. The highest BCUT2D eigenvalue weighted by Crippen LogP contribution is 2.24. The number of hydrogen-bond donors (Lipinski definition) is 1. The van der Waals surface area contributed by atoms with Crippen molar-refractivity contribution in [3.63, 3.8) is 0 Å². The third kappa shape index (κ3) is 3.01. The van der Waals surface area contributed by atoms with E-state index >= 15 is 0 Å². The van der Waals surface area contributed by atoms with E-state index in [0.717, 1.165) is 37.4 Å². The van der Waals surface area contributed by atoms with Crippen molar-refractivity contribution in [1.29, 1.82) is 0 Å². The number of ether oxygens (including phenoxy) is 1. The summed E-state index contributed by atoms with van der Waals surface area (Å²) in [5, 5.41) is 13.9. The van der Waals surface area contributed by atoms with Crippen LogP contribution in [0.4, 0.5) is 0 Å². The Morgan fingerprint density at radius 3 is 2.95 bits per heavy atom. The van der Waals surface area contributed by atoms with Crippen molar-refractivity contribution in [1.82, 2.24) is 14.8 Å². The SMILES string of the molecule is Cc1cc(Cc2cnccc2C(=O)O)n(C2CCOCC2)n1. The molecule has 22 heavy (non-hydrogen) atoms. The summed E-state index contributed by atoms with van der Waals surface area (Å²) in [5.74, 6) is -0.925. The predicted octanol–water partition coefficient (Wildman–Crippen LogP) is 2.23. The van der Waals surface area contributed by atoms with E-state index in [1.807, 2.05) is 17.7 Å². The van der Waals surface area contributed by atoms with Gasteiger partial charge in [0.2, 0.25) is 0 Å². The van der Waals surface area contributed by atoms with E-state index in [9.17, 15) is 9.90 Å². The summed E-state index contributed by atoms with van der Waals surface area (Å²) in [4.78, 5) is 15.4. The first-order chi connectivity index (χ1) is 10.6. The molecule has 0 amide bonds. The summed E-state index contributed by atoms with van der Waals surface area (Å²) in [6.45, 7) is 3.45. The van der Waals surface area contributed by atoms with E-state index in [1.54, 1.807) is 12.3 Å². The van der Waals surface area contributed by atoms with E-state index in [2.05, 4.69) is 10.1 Å². The van der Waals surface area contributed by atoms with E-state index in [0.29, 0.717) is 23.6 Å². The monoisotopic (exact) mass is 301 g/mol. The second-order valence-electron chi connectivity index (χ2n) is 5.58. The maximum Gasteiger partial charge on any atom is 0.336 e. The van der Waals surface area contributed by atoms with Gasteiger partial charge in [-0.2, -0.15) is 5.10 Å². The fourth-order valence-electron chi connectivity index (χ4n) is 2.92. The van der Waals surface area contributed by atoms with Gasteiger partial charge in [-0.25, -0.2) is 4.79 Å². The molecule has 3 rings (SSSR count). The van der Waals surface area contributed by atoms with Gasteiger partial charge in [-0.05, 0) is 37.5 Å². The first-order valence-electron chi connectivity index (χ1n) is 7.44. The standard InChI is InChI=1S/C16H19N3O3/c1-11-8-14(19(18-11)13-3-6-22-7-4-13)9-12-10-17-5-2-15(12)16(20)21/h2,5,8,10,13H,3-4,6-7,9H2,1H3,(H,20,21). The summed E-state index contributed by atoms with van der Waals surface area (Å²) in [7, 11) is 0. The third-order valence-electron chi connectivity index (χ3n) is 3.98. The number of carboxylic acids is 1. The molecule has 0 unspecified atom stereocenters. The summed E-state index contributed by atoms with van der Waals surface area (Å²) >= 11 is 0. The summed E-state index contributed by atoms with van der Waals surface area (Å²) < 4.78 is 7.45. The van der Waals surface area contributed by atoms with E-state index < -0.39 is 5.97 Å². The summed E-state index contributed by atoms with van der Waals surface area (Å²) in [5.41, 5.74) is 2.98. The van der Waals surface area contributed by atoms with Gasteiger partial charge in [-0.1, -0.05) is 0 Å². The van der Waals surface area contributed by atoms with Crippen LogP contribution in [0.3, 0.4) is 0 Å². The Balaban J connectivity index is 1.91. The van der Waals surface area contributed by atoms with Gasteiger partial charge in [-0.3, -0.25) is 9.67 Å². The summed E-state index contributed by atoms with van der Waals surface area (Å²) in [6, 6.07) is 3.88. The Morgan fingerprint density at radius 2 is 2.23 bits per heavy atom. The number of nitrogens with zero attached hydrogens (tertiary/aromatic N) is 3. The van der Waals surface area contributed by atoms with Crippen molar-refractivity contribution in [2.24, 2.45) is 0 Å². The van der Waals surface area contributed by atoms with Crippen molar-refractivity contribution >= 4 is 5.97 Å². The highest BCUT2D eigenvalue weighted by molar-refractivity contribution is 5.89. The van der Waals surface area contributed by atoms with Crippen LogP contribution in [0, 0.1) is 6.92 Å². The maximum atomic E-state index is 11.3. The fraction of sp³-hybridized carbons (Fsp3) is 0.438. The van der Waals surface area contributed by atoms with Crippen LogP contribution in [0.15, 0.2) is 24.5 Å². The van der Waals surface area contributed by atoms with E-state index in [1.165, 1.54) is 6.20 Å². The van der Waals surface area contributed by atoms with Crippen LogP contribution in [0.1, 0.15) is 46.2 Å². The van der Waals surface area contributed by atoms with Gasteiger partial charge in [0.15, 0.2) is 0 Å². The first-order valence-corrected chi connectivity index (χ1v) is 7.44. The largest absolute Gasteiger partial charge is 0.478 e. The topological polar surface area (TPSA) is 77.2 Å². The molecule has 0 aromatic carbocycles. The molecule has 1 N–H and O–H groups in total. The fourth-order valence-corrected chi connectivity index (χ4v) is 2.92. The van der Waals surface area contributed by atoms with Crippen LogP contribution in [-0.4, -0.2) is 39.1 Å². The predicted molar refractivity (Wildman–Crippen MR) is 80.1 cm³/mol. The first kappa shape index (κ1) is 14.7. The zero-order chi connectivity index (χ0) is 15.5. The second-order valence-corrected chi connectivity index (χ2v) is 5.58. The molecule has 1 fully saturated rings. The molecule has 0 atom stereocenters. The van der Waals surface area contributed by atoms with Crippen LogP contribution < -0.4 is 0 Å². The van der Waals surface area contributed by atoms with Crippen LogP contribution in [0.2, 0.25) is 0 Å². The summed E-state index contributed by atoms with van der Waals surface area (Å²) in [6.07, 6.45) is 5.53. The molecule has 0 aliphatic carbocycles. The van der Waals surface area contributed by atoms with Gasteiger partial charge < -0.3 is 9.84 Å². The Morgan fingerprint density at radius 1 is 1.45 bits per heavy atom. The Bertz CT molecular complexity index is 675. The van der Waals surface area contributed by atoms with E-state index in [4.69, 9.17) is 4.74 Å². The number of hydrogen-bond acceptors (Lipinski definition) is 4. The lowest BCUT2D eigenvalue weighted by molar-refractivity contribution is 0.0654. The molecule has 0 spiro atoms. The average Bonchev–Trinajstić information content (AvgIpc) is 2.89. The van der Waals surface area contributed by atoms with Crippen LogP contribution in [0.5, 0.6) is 0 Å². The molecule has 0 radical (unpaired) electrons. The van der Waals surface area contributed by atoms with Crippen LogP contribution >= 0.6 is 0 Å².